The van der Waals surface area contributed by atoms with Crippen molar-refractivity contribution in [1.82, 2.24) is 0 Å². The van der Waals surface area contributed by atoms with Crippen LogP contribution in [0.15, 0.2) is 16.8 Å². The number of methoxy groups -OCH3 is 1. The number of carbonyl (C=O) groups is 2. The molecule has 5 nitrogen and oxygen atoms in total. The number of hydrogen-bond acceptors (Lipinski definition) is 5. The highest BCUT2D eigenvalue weighted by molar-refractivity contribution is 6.07. The second-order valence-electron chi connectivity index (χ2n) is 14.5. The summed E-state index contributed by atoms with van der Waals surface area (Å²) in [6.07, 6.45) is 9.99. The number of nitrogens with zero attached hydrogens (tertiary/aromatic N) is 1. The van der Waals surface area contributed by atoms with Crippen LogP contribution in [0.2, 0.25) is 0 Å². The van der Waals surface area contributed by atoms with Gasteiger partial charge in [-0.05, 0) is 110 Å². The second kappa shape index (κ2) is 7.93. The molecule has 200 valence electrons. The molecule has 5 aliphatic carbocycles. The van der Waals surface area contributed by atoms with E-state index in [1.54, 1.807) is 0 Å². The summed E-state index contributed by atoms with van der Waals surface area (Å²) < 4.78 is 5.28. The number of rotatable bonds is 1. The van der Waals surface area contributed by atoms with Crippen LogP contribution in [-0.2, 0) is 14.3 Å². The number of carbonyl (C=O) groups excluding carboxylic acids is 2. The average molecular weight is 498 g/mol. The largest absolute Gasteiger partial charge is 0.468 e. The van der Waals surface area contributed by atoms with E-state index < -0.39 is 5.41 Å². The minimum atomic E-state index is -1.01. The quantitative estimate of drug-likeness (QED) is 0.245. The predicted molar refractivity (Wildman–Crippen MR) is 141 cm³/mol. The molecule has 0 aliphatic heterocycles. The van der Waals surface area contributed by atoms with Crippen molar-refractivity contribution in [2.45, 2.75) is 99.8 Å². The first-order valence-corrected chi connectivity index (χ1v) is 14.3. The summed E-state index contributed by atoms with van der Waals surface area (Å²) in [5.41, 5.74) is 0.659. The molecule has 1 N–H and O–H groups in total. The number of ketones is 1. The summed E-state index contributed by atoms with van der Waals surface area (Å²) >= 11 is 0. The molecule has 3 unspecified atom stereocenters. The normalized spacial score (nSPS) is 53.4. The Balaban J connectivity index is 1.65. The lowest BCUT2D eigenvalue weighted by molar-refractivity contribution is -0.185. The Labute approximate surface area is 217 Å². The highest BCUT2D eigenvalue weighted by Gasteiger charge is 2.71. The van der Waals surface area contributed by atoms with Crippen LogP contribution in [0.3, 0.4) is 0 Å². The minimum Gasteiger partial charge on any atom is -0.468 e. The van der Waals surface area contributed by atoms with Gasteiger partial charge in [-0.3, -0.25) is 9.59 Å². The van der Waals surface area contributed by atoms with Crippen molar-refractivity contribution in [3.63, 3.8) is 0 Å². The van der Waals surface area contributed by atoms with Crippen LogP contribution in [0.25, 0.3) is 0 Å². The van der Waals surface area contributed by atoms with Crippen LogP contribution >= 0.6 is 0 Å². The van der Waals surface area contributed by atoms with E-state index >= 15 is 0 Å². The Bertz CT molecular complexity index is 1050. The molecule has 0 amide bonds. The summed E-state index contributed by atoms with van der Waals surface area (Å²) in [5.74, 6) is 1.39. The van der Waals surface area contributed by atoms with Gasteiger partial charge < -0.3 is 9.94 Å². The average Bonchev–Trinajstić information content (AvgIpc) is 2.82. The molecule has 0 radical (unpaired) electrons. The van der Waals surface area contributed by atoms with E-state index in [9.17, 15) is 14.8 Å². The lowest BCUT2D eigenvalue weighted by Gasteiger charge is -2.70. The van der Waals surface area contributed by atoms with E-state index in [2.05, 4.69) is 52.8 Å². The number of allylic oxidation sites excluding steroid dienone is 2. The zero-order valence-corrected chi connectivity index (χ0v) is 23.7. The van der Waals surface area contributed by atoms with Gasteiger partial charge in [0.2, 0.25) is 0 Å². The molecular weight excluding hydrogens is 450 g/mol. The molecule has 5 heteroatoms. The molecule has 5 rings (SSSR count). The Morgan fingerprint density at radius 1 is 1.03 bits per heavy atom. The standard InChI is InChI=1S/C31H47NO4/c1-18-9-12-27(3)15-16-29(5)20(24(27)19(18)2)17-21(33)25-28(4)13-11-23(32-35)31(7,26(34)36-8)22(28)10-14-30(25,29)6/h17-19,22,24-25,35H,9-16H2,1-8H3/t18-,19+,22?,24?,25?,27-,28+,29-,30-,31-/m1/s1. The van der Waals surface area contributed by atoms with Crippen LogP contribution < -0.4 is 0 Å². The van der Waals surface area contributed by atoms with Gasteiger partial charge in [-0.2, -0.15) is 0 Å². The Morgan fingerprint density at radius 3 is 2.36 bits per heavy atom. The van der Waals surface area contributed by atoms with Crippen LogP contribution in [0.4, 0.5) is 0 Å². The van der Waals surface area contributed by atoms with Crippen LogP contribution in [-0.4, -0.2) is 29.8 Å². The van der Waals surface area contributed by atoms with Crippen LogP contribution in [0.1, 0.15) is 99.8 Å². The molecule has 0 bridgehead atoms. The fraction of sp³-hybridized carbons (Fsp3) is 0.839. The predicted octanol–water partition coefficient (Wildman–Crippen LogP) is 6.83. The highest BCUT2D eigenvalue weighted by Crippen LogP contribution is 2.75. The van der Waals surface area contributed by atoms with Gasteiger partial charge in [0, 0.05) is 5.92 Å². The number of ether oxygens (including phenoxy) is 1. The van der Waals surface area contributed by atoms with Gasteiger partial charge >= 0.3 is 5.97 Å². The SMILES string of the molecule is COC(=O)[C@@]1(C)C(=NO)CC[C@@]2(C)C1CC[C@]1(C)C2C(=O)C=C2C3[C@@H](C)[C@H](C)CC[C@]3(C)CC[C@]21C. The summed E-state index contributed by atoms with van der Waals surface area (Å²) in [4.78, 5) is 27.6. The molecule has 10 atom stereocenters. The van der Waals surface area contributed by atoms with E-state index in [4.69, 9.17) is 4.74 Å². The van der Waals surface area contributed by atoms with E-state index in [0.29, 0.717) is 29.9 Å². The molecule has 0 aromatic rings. The van der Waals surface area contributed by atoms with E-state index in [1.807, 2.05) is 6.92 Å². The fourth-order valence-electron chi connectivity index (χ4n) is 10.8. The van der Waals surface area contributed by atoms with Gasteiger partial charge in [0.1, 0.15) is 5.41 Å². The van der Waals surface area contributed by atoms with Gasteiger partial charge in [-0.1, -0.05) is 52.3 Å². The van der Waals surface area contributed by atoms with E-state index in [0.717, 1.165) is 25.7 Å². The third kappa shape index (κ3) is 2.92. The zero-order chi connectivity index (χ0) is 26.5. The van der Waals surface area contributed by atoms with Gasteiger partial charge in [0.05, 0.1) is 12.8 Å². The minimum absolute atomic E-state index is 0.0257. The number of hydrogen-bond donors (Lipinski definition) is 1. The van der Waals surface area contributed by atoms with Crippen LogP contribution in [0.5, 0.6) is 0 Å². The van der Waals surface area contributed by atoms with Crippen molar-refractivity contribution in [1.29, 1.82) is 0 Å². The monoisotopic (exact) mass is 497 g/mol. The molecule has 0 aromatic carbocycles. The van der Waals surface area contributed by atoms with E-state index in [1.165, 1.54) is 31.9 Å². The van der Waals surface area contributed by atoms with Gasteiger partial charge in [-0.25, -0.2) is 0 Å². The Hall–Kier alpha value is -1.65. The summed E-state index contributed by atoms with van der Waals surface area (Å²) in [7, 11) is 1.41. The topological polar surface area (TPSA) is 76.0 Å². The molecule has 5 aliphatic rings. The Morgan fingerprint density at radius 2 is 1.72 bits per heavy atom. The molecule has 0 heterocycles. The van der Waals surface area contributed by atoms with Crippen molar-refractivity contribution in [2.75, 3.05) is 7.11 Å². The van der Waals surface area contributed by atoms with Crippen molar-refractivity contribution in [3.8, 4) is 0 Å². The van der Waals surface area contributed by atoms with Crippen molar-refractivity contribution >= 4 is 17.5 Å². The molecule has 4 saturated carbocycles. The number of esters is 1. The highest BCUT2D eigenvalue weighted by atomic mass is 16.5. The lowest BCUT2D eigenvalue weighted by Crippen LogP contribution is -2.67. The van der Waals surface area contributed by atoms with Crippen LogP contribution in [0, 0.1) is 56.7 Å². The van der Waals surface area contributed by atoms with Gasteiger partial charge in [0.25, 0.3) is 0 Å². The molecule has 36 heavy (non-hydrogen) atoms. The first-order valence-electron chi connectivity index (χ1n) is 14.3. The van der Waals surface area contributed by atoms with E-state index in [-0.39, 0.29) is 45.2 Å². The molecule has 0 spiro atoms. The summed E-state index contributed by atoms with van der Waals surface area (Å²) in [6, 6.07) is 0. The molecule has 4 fully saturated rings. The molecular formula is C31H47NO4. The first kappa shape index (κ1) is 26.0. The third-order valence-corrected chi connectivity index (χ3v) is 13.3. The molecule has 0 saturated heterocycles. The van der Waals surface area contributed by atoms with Crippen molar-refractivity contribution in [2.24, 2.45) is 61.8 Å². The maximum absolute atomic E-state index is 14.4. The first-order chi connectivity index (χ1) is 16.7. The zero-order valence-electron chi connectivity index (χ0n) is 23.7. The summed E-state index contributed by atoms with van der Waals surface area (Å²) in [6.45, 7) is 16.3. The maximum Gasteiger partial charge on any atom is 0.317 e. The molecule has 0 aromatic heterocycles. The number of oxime groups is 1. The number of fused-ring (bicyclic) bond motifs is 7. The van der Waals surface area contributed by atoms with Crippen molar-refractivity contribution in [3.05, 3.63) is 11.6 Å². The smallest absolute Gasteiger partial charge is 0.317 e. The Kier molecular flexibility index (Phi) is 5.72. The summed E-state index contributed by atoms with van der Waals surface area (Å²) in [5, 5.41) is 13.5. The fourth-order valence-corrected chi connectivity index (χ4v) is 10.8. The second-order valence-corrected chi connectivity index (χ2v) is 14.5. The van der Waals surface area contributed by atoms with Gasteiger partial charge in [0.15, 0.2) is 5.78 Å². The van der Waals surface area contributed by atoms with Gasteiger partial charge in [-0.15, -0.1) is 0 Å². The third-order valence-electron chi connectivity index (χ3n) is 13.3. The lowest BCUT2D eigenvalue weighted by atomic mass is 9.33. The maximum atomic E-state index is 14.4. The van der Waals surface area contributed by atoms with Crippen molar-refractivity contribution < 1.29 is 19.5 Å².